The highest BCUT2D eigenvalue weighted by atomic mass is 31.2. The van der Waals surface area contributed by atoms with Gasteiger partial charge in [-0.3, -0.25) is 9.05 Å². The molecule has 0 aliphatic rings. The van der Waals surface area contributed by atoms with Crippen LogP contribution in [-0.4, -0.2) is 18.1 Å². The Morgan fingerprint density at radius 1 is 1.36 bits per heavy atom. The van der Waals surface area contributed by atoms with Crippen molar-refractivity contribution in [3.8, 4) is 0 Å². The van der Waals surface area contributed by atoms with Gasteiger partial charge in [-0.05, 0) is 12.3 Å². The zero-order valence-corrected chi connectivity index (χ0v) is 10.1. The highest BCUT2D eigenvalue weighted by Gasteiger charge is 2.21. The molecule has 0 aromatic carbocycles. The van der Waals surface area contributed by atoms with Crippen LogP contribution in [0.2, 0.25) is 0 Å². The topological polar surface area (TPSA) is 55.8 Å². The van der Waals surface area contributed by atoms with Gasteiger partial charge in [0, 0.05) is 0 Å². The van der Waals surface area contributed by atoms with E-state index < -0.39 is 7.82 Å². The molecule has 2 unspecified atom stereocenters. The number of phosphoric ester groups is 1. The van der Waals surface area contributed by atoms with Crippen LogP contribution in [0.15, 0.2) is 0 Å². The molecule has 0 aliphatic heterocycles. The first-order valence-electron chi connectivity index (χ1n) is 5.13. The summed E-state index contributed by atoms with van der Waals surface area (Å²) in [4.78, 5) is 9.20. The fourth-order valence-electron chi connectivity index (χ4n) is 0.701. The van der Waals surface area contributed by atoms with E-state index in [4.69, 9.17) is 9.05 Å². The fraction of sp³-hybridized carbons (Fsp3) is 1.00. The summed E-state index contributed by atoms with van der Waals surface area (Å²) in [6.45, 7) is 6.52. The largest absolute Gasteiger partial charge is 0.472 e. The first kappa shape index (κ1) is 14.1. The normalized spacial score (nSPS) is 17.7. The molecule has 0 amide bonds. The average molecular weight is 224 g/mol. The minimum Gasteiger partial charge on any atom is -0.302 e. The Labute approximate surface area is 86.2 Å². The molecule has 4 nitrogen and oxygen atoms in total. The van der Waals surface area contributed by atoms with Crippen LogP contribution in [0.3, 0.4) is 0 Å². The molecule has 1 N–H and O–H groups in total. The molecule has 14 heavy (non-hydrogen) atoms. The van der Waals surface area contributed by atoms with Gasteiger partial charge in [0.25, 0.3) is 0 Å². The Morgan fingerprint density at radius 2 is 2.00 bits per heavy atom. The van der Waals surface area contributed by atoms with Crippen LogP contribution in [0, 0.1) is 5.92 Å². The summed E-state index contributed by atoms with van der Waals surface area (Å²) >= 11 is 0. The van der Waals surface area contributed by atoms with Crippen LogP contribution in [0.1, 0.15) is 40.0 Å². The second-order valence-corrected chi connectivity index (χ2v) is 4.92. The summed E-state index contributed by atoms with van der Waals surface area (Å²) in [7, 11) is -3.79. The molecule has 0 saturated heterocycles. The second-order valence-electron chi connectivity index (χ2n) is 3.46. The Balaban J connectivity index is 3.66. The van der Waals surface area contributed by atoms with Crippen LogP contribution >= 0.6 is 7.82 Å². The van der Waals surface area contributed by atoms with Crippen LogP contribution in [0.4, 0.5) is 0 Å². The van der Waals surface area contributed by atoms with Crippen LogP contribution in [0.5, 0.6) is 0 Å². The monoisotopic (exact) mass is 224 g/mol. The van der Waals surface area contributed by atoms with E-state index in [0.717, 1.165) is 19.3 Å². The van der Waals surface area contributed by atoms with Gasteiger partial charge in [0.1, 0.15) is 0 Å². The Morgan fingerprint density at radius 3 is 2.50 bits per heavy atom. The fourth-order valence-corrected chi connectivity index (χ4v) is 1.58. The highest BCUT2D eigenvalue weighted by molar-refractivity contribution is 7.47. The Hall–Kier alpha value is 0.110. The molecule has 0 bridgehead atoms. The predicted molar refractivity (Wildman–Crippen MR) is 56.1 cm³/mol. The second kappa shape index (κ2) is 7.41. The summed E-state index contributed by atoms with van der Waals surface area (Å²) in [6.07, 6.45) is 2.64. The summed E-state index contributed by atoms with van der Waals surface area (Å²) in [6, 6.07) is 0. The van der Waals surface area contributed by atoms with Crippen molar-refractivity contribution in [2.45, 2.75) is 40.0 Å². The minimum atomic E-state index is -3.79. The summed E-state index contributed by atoms with van der Waals surface area (Å²) in [5, 5.41) is 0. The number of hydrogen-bond donors (Lipinski definition) is 1. The molecule has 0 spiro atoms. The molecule has 2 atom stereocenters. The zero-order valence-electron chi connectivity index (χ0n) is 9.23. The van der Waals surface area contributed by atoms with Crippen LogP contribution in [0.25, 0.3) is 0 Å². The predicted octanol–water partition coefficient (Wildman–Crippen LogP) is 2.97. The van der Waals surface area contributed by atoms with E-state index in [9.17, 15) is 9.46 Å². The van der Waals surface area contributed by atoms with Crippen molar-refractivity contribution in [2.75, 3.05) is 13.2 Å². The van der Waals surface area contributed by atoms with E-state index in [0.29, 0.717) is 0 Å². The van der Waals surface area contributed by atoms with Crippen molar-refractivity contribution in [3.05, 3.63) is 0 Å². The Bertz CT molecular complexity index is 184. The molecule has 0 aromatic heterocycles. The van der Waals surface area contributed by atoms with Gasteiger partial charge in [-0.2, -0.15) is 0 Å². The van der Waals surface area contributed by atoms with Gasteiger partial charge in [0.2, 0.25) is 0 Å². The van der Waals surface area contributed by atoms with E-state index >= 15 is 0 Å². The van der Waals surface area contributed by atoms with Crippen molar-refractivity contribution < 1.29 is 18.5 Å². The van der Waals surface area contributed by atoms with Gasteiger partial charge in [-0.25, -0.2) is 4.57 Å². The molecule has 0 heterocycles. The molecule has 0 radical (unpaired) electrons. The quantitative estimate of drug-likeness (QED) is 0.508. The minimum absolute atomic E-state index is 0.274. The molecule has 0 aliphatic carbocycles. The SMILES string of the molecule is CCCCOP(=O)(O)OCC(C)CC. The maximum Gasteiger partial charge on any atom is 0.472 e. The first-order chi connectivity index (χ1) is 6.52. The third-order valence-corrected chi connectivity index (χ3v) is 2.96. The van der Waals surface area contributed by atoms with Crippen molar-refractivity contribution >= 4 is 7.82 Å². The van der Waals surface area contributed by atoms with Crippen molar-refractivity contribution in [1.29, 1.82) is 0 Å². The summed E-state index contributed by atoms with van der Waals surface area (Å²) in [5.41, 5.74) is 0. The highest BCUT2D eigenvalue weighted by Crippen LogP contribution is 2.43. The molecular weight excluding hydrogens is 203 g/mol. The lowest BCUT2D eigenvalue weighted by molar-refractivity contribution is 0.132. The van der Waals surface area contributed by atoms with Crippen LogP contribution in [-0.2, 0) is 13.6 Å². The zero-order chi connectivity index (χ0) is 11.0. The lowest BCUT2D eigenvalue weighted by atomic mass is 10.1. The van der Waals surface area contributed by atoms with E-state index in [-0.39, 0.29) is 19.1 Å². The maximum absolute atomic E-state index is 11.2. The van der Waals surface area contributed by atoms with E-state index in [1.54, 1.807) is 0 Å². The summed E-state index contributed by atoms with van der Waals surface area (Å²) in [5.74, 6) is 0.283. The molecule has 0 rings (SSSR count). The van der Waals surface area contributed by atoms with Gasteiger partial charge >= 0.3 is 7.82 Å². The third kappa shape index (κ3) is 7.51. The molecule has 0 aromatic rings. The molecule has 5 heteroatoms. The van der Waals surface area contributed by atoms with Gasteiger partial charge in [0.05, 0.1) is 13.2 Å². The number of phosphoric acid groups is 1. The van der Waals surface area contributed by atoms with Crippen molar-refractivity contribution in [1.82, 2.24) is 0 Å². The third-order valence-electron chi connectivity index (χ3n) is 1.97. The summed E-state index contributed by atoms with van der Waals surface area (Å²) < 4.78 is 20.8. The number of hydrogen-bond acceptors (Lipinski definition) is 3. The number of rotatable bonds is 8. The maximum atomic E-state index is 11.2. The van der Waals surface area contributed by atoms with Gasteiger partial charge < -0.3 is 4.89 Å². The van der Waals surface area contributed by atoms with E-state index in [1.807, 2.05) is 20.8 Å². The lowest BCUT2D eigenvalue weighted by Gasteiger charge is -2.14. The Kier molecular flexibility index (Phi) is 7.47. The number of unbranched alkanes of at least 4 members (excludes halogenated alkanes) is 1. The molecular formula is C9H21O4P. The van der Waals surface area contributed by atoms with Gasteiger partial charge in [-0.15, -0.1) is 0 Å². The van der Waals surface area contributed by atoms with Gasteiger partial charge in [-0.1, -0.05) is 33.6 Å². The first-order valence-corrected chi connectivity index (χ1v) is 6.63. The van der Waals surface area contributed by atoms with Crippen molar-refractivity contribution in [3.63, 3.8) is 0 Å². The van der Waals surface area contributed by atoms with Crippen LogP contribution < -0.4 is 0 Å². The van der Waals surface area contributed by atoms with E-state index in [1.165, 1.54) is 0 Å². The molecule has 0 fully saturated rings. The van der Waals surface area contributed by atoms with E-state index in [2.05, 4.69) is 0 Å². The molecule has 0 saturated carbocycles. The molecule has 86 valence electrons. The smallest absolute Gasteiger partial charge is 0.302 e. The lowest BCUT2D eigenvalue weighted by Crippen LogP contribution is -2.05. The van der Waals surface area contributed by atoms with Gasteiger partial charge in [0.15, 0.2) is 0 Å². The standard InChI is InChI=1S/C9H21O4P/c1-4-6-7-12-14(10,11)13-8-9(3)5-2/h9H,4-8H2,1-3H3,(H,10,11). The average Bonchev–Trinajstić information content (AvgIpc) is 2.14. The van der Waals surface area contributed by atoms with Crippen molar-refractivity contribution in [2.24, 2.45) is 5.92 Å².